The second-order valence-corrected chi connectivity index (χ2v) is 8.84. The second-order valence-electron chi connectivity index (χ2n) is 8.84. The molecule has 32 heavy (non-hydrogen) atoms. The largest absolute Gasteiger partial charge is 0.459 e. The standard InChI is InChI=1S/C25H30N6O/c1-16(2)22-15-27-31-23(22)29-25(32-19-10-7-13-26-14-19)30-24(31)28-17(3)20-12-6-9-18-8-4-5-11-21(18)20/h4-6,8-9,11-12,15-17,19,26H,7,10,13-14H2,1-3H3,(H,28,29,30). The van der Waals surface area contributed by atoms with Crippen molar-refractivity contribution in [2.45, 2.75) is 51.7 Å². The zero-order valence-electron chi connectivity index (χ0n) is 18.9. The van der Waals surface area contributed by atoms with E-state index in [1.54, 1.807) is 4.52 Å². The number of aromatic nitrogens is 4. The minimum Gasteiger partial charge on any atom is -0.459 e. The Labute approximate surface area is 188 Å². The molecular weight excluding hydrogens is 400 g/mol. The predicted molar refractivity (Wildman–Crippen MR) is 127 cm³/mol. The van der Waals surface area contributed by atoms with Gasteiger partial charge in [0.1, 0.15) is 6.10 Å². The highest BCUT2D eigenvalue weighted by molar-refractivity contribution is 5.86. The molecule has 1 aliphatic rings. The van der Waals surface area contributed by atoms with Gasteiger partial charge in [-0.3, -0.25) is 0 Å². The van der Waals surface area contributed by atoms with Crippen LogP contribution in [0.4, 0.5) is 5.95 Å². The molecule has 0 saturated carbocycles. The van der Waals surface area contributed by atoms with Gasteiger partial charge in [0, 0.05) is 12.1 Å². The molecule has 1 aliphatic heterocycles. The number of nitrogens with zero attached hydrogens (tertiary/aromatic N) is 4. The summed E-state index contributed by atoms with van der Waals surface area (Å²) < 4.78 is 7.99. The Morgan fingerprint density at radius 3 is 2.72 bits per heavy atom. The van der Waals surface area contributed by atoms with Gasteiger partial charge in [0.25, 0.3) is 0 Å². The minimum absolute atomic E-state index is 0.0232. The average Bonchev–Trinajstić information content (AvgIpc) is 3.24. The normalized spacial score (nSPS) is 17.7. The topological polar surface area (TPSA) is 76.4 Å². The molecule has 1 fully saturated rings. The van der Waals surface area contributed by atoms with Crippen molar-refractivity contribution < 1.29 is 4.74 Å². The van der Waals surface area contributed by atoms with Crippen molar-refractivity contribution in [2.24, 2.45) is 0 Å². The molecule has 0 spiro atoms. The van der Waals surface area contributed by atoms with Crippen molar-refractivity contribution in [3.8, 4) is 6.01 Å². The van der Waals surface area contributed by atoms with Crippen LogP contribution in [-0.2, 0) is 0 Å². The van der Waals surface area contributed by atoms with Gasteiger partial charge >= 0.3 is 6.01 Å². The van der Waals surface area contributed by atoms with Gasteiger partial charge < -0.3 is 15.4 Å². The van der Waals surface area contributed by atoms with Crippen molar-refractivity contribution in [3.63, 3.8) is 0 Å². The first-order chi connectivity index (χ1) is 15.6. The number of anilines is 1. The van der Waals surface area contributed by atoms with Crippen molar-refractivity contribution in [2.75, 3.05) is 18.4 Å². The fourth-order valence-electron chi connectivity index (χ4n) is 4.40. The van der Waals surface area contributed by atoms with Crippen LogP contribution in [0.2, 0.25) is 0 Å². The molecule has 7 heteroatoms. The molecule has 2 aromatic carbocycles. The van der Waals surface area contributed by atoms with Gasteiger partial charge in [-0.15, -0.1) is 0 Å². The molecule has 166 valence electrons. The van der Waals surface area contributed by atoms with Crippen molar-refractivity contribution in [1.29, 1.82) is 0 Å². The molecule has 1 saturated heterocycles. The van der Waals surface area contributed by atoms with Crippen LogP contribution < -0.4 is 15.4 Å². The summed E-state index contributed by atoms with van der Waals surface area (Å²) in [4.78, 5) is 9.48. The van der Waals surface area contributed by atoms with E-state index in [4.69, 9.17) is 14.7 Å². The average molecular weight is 431 g/mol. The lowest BCUT2D eigenvalue weighted by Gasteiger charge is -2.23. The first kappa shape index (κ1) is 20.7. The molecule has 0 bridgehead atoms. The molecule has 2 N–H and O–H groups in total. The Kier molecular flexibility index (Phi) is 5.66. The number of benzene rings is 2. The van der Waals surface area contributed by atoms with E-state index in [1.165, 1.54) is 16.3 Å². The lowest BCUT2D eigenvalue weighted by Crippen LogP contribution is -2.37. The first-order valence-electron chi connectivity index (χ1n) is 11.5. The van der Waals surface area contributed by atoms with Crippen LogP contribution in [0.25, 0.3) is 16.4 Å². The van der Waals surface area contributed by atoms with Gasteiger partial charge in [-0.1, -0.05) is 56.3 Å². The molecule has 2 aromatic heterocycles. The van der Waals surface area contributed by atoms with Crippen molar-refractivity contribution >= 4 is 22.4 Å². The van der Waals surface area contributed by atoms with E-state index in [0.29, 0.717) is 17.9 Å². The molecule has 3 heterocycles. The Morgan fingerprint density at radius 2 is 1.91 bits per heavy atom. The number of hydrogen-bond acceptors (Lipinski definition) is 6. The van der Waals surface area contributed by atoms with Crippen molar-refractivity contribution in [3.05, 3.63) is 59.8 Å². The van der Waals surface area contributed by atoms with E-state index in [9.17, 15) is 0 Å². The summed E-state index contributed by atoms with van der Waals surface area (Å²) in [6, 6.07) is 15.3. The van der Waals surface area contributed by atoms with Gasteiger partial charge in [-0.05, 0) is 48.6 Å². The summed E-state index contributed by atoms with van der Waals surface area (Å²) >= 11 is 0. The number of ether oxygens (including phenoxy) is 1. The van der Waals surface area contributed by atoms with Crippen LogP contribution in [0.1, 0.15) is 56.7 Å². The van der Waals surface area contributed by atoms with Gasteiger partial charge in [0.2, 0.25) is 5.95 Å². The lowest BCUT2D eigenvalue weighted by molar-refractivity contribution is 0.153. The number of nitrogens with one attached hydrogen (secondary N) is 2. The Balaban J connectivity index is 1.52. The third-order valence-corrected chi connectivity index (χ3v) is 6.16. The highest BCUT2D eigenvalue weighted by Crippen LogP contribution is 2.28. The zero-order chi connectivity index (χ0) is 22.1. The van der Waals surface area contributed by atoms with Crippen LogP contribution in [0.3, 0.4) is 0 Å². The van der Waals surface area contributed by atoms with Gasteiger partial charge in [0.15, 0.2) is 5.65 Å². The number of hydrogen-bond donors (Lipinski definition) is 2. The monoisotopic (exact) mass is 430 g/mol. The molecule has 5 rings (SSSR count). The smallest absolute Gasteiger partial charge is 0.322 e. The van der Waals surface area contributed by atoms with Gasteiger partial charge in [-0.25, -0.2) is 0 Å². The summed E-state index contributed by atoms with van der Waals surface area (Å²) in [6.45, 7) is 8.30. The van der Waals surface area contributed by atoms with Crippen LogP contribution >= 0.6 is 0 Å². The number of rotatable bonds is 6. The van der Waals surface area contributed by atoms with Crippen LogP contribution in [0, 0.1) is 0 Å². The van der Waals surface area contributed by atoms with Gasteiger partial charge in [-0.2, -0.15) is 19.6 Å². The molecule has 4 aromatic rings. The third kappa shape index (κ3) is 4.00. The van der Waals surface area contributed by atoms with Crippen LogP contribution in [-0.4, -0.2) is 38.8 Å². The maximum absolute atomic E-state index is 6.20. The van der Waals surface area contributed by atoms with E-state index in [2.05, 4.69) is 79.0 Å². The predicted octanol–water partition coefficient (Wildman–Crippen LogP) is 4.70. The summed E-state index contributed by atoms with van der Waals surface area (Å²) in [5, 5.41) is 14.0. The second kappa shape index (κ2) is 8.74. The third-order valence-electron chi connectivity index (χ3n) is 6.16. The summed E-state index contributed by atoms with van der Waals surface area (Å²) in [5.74, 6) is 0.941. The molecule has 0 amide bonds. The van der Waals surface area contributed by atoms with Crippen LogP contribution in [0.15, 0.2) is 48.7 Å². The van der Waals surface area contributed by atoms with E-state index < -0.39 is 0 Å². The quantitative estimate of drug-likeness (QED) is 0.462. The Bertz CT molecular complexity index is 1220. The number of piperidine rings is 1. The molecule has 2 atom stereocenters. The van der Waals surface area contributed by atoms with Gasteiger partial charge in [0.05, 0.1) is 12.2 Å². The minimum atomic E-state index is 0.0232. The summed E-state index contributed by atoms with van der Waals surface area (Å²) in [6.07, 6.45) is 4.07. The SMILES string of the molecule is CC(C)c1cnn2c(NC(C)c3cccc4ccccc34)nc(OC3CCCNC3)nc12. The lowest BCUT2D eigenvalue weighted by atomic mass is 10.00. The molecule has 0 aliphatic carbocycles. The zero-order valence-corrected chi connectivity index (χ0v) is 18.9. The van der Waals surface area contributed by atoms with E-state index in [1.807, 2.05) is 6.20 Å². The van der Waals surface area contributed by atoms with E-state index in [0.717, 1.165) is 37.1 Å². The number of fused-ring (bicyclic) bond motifs is 2. The fourth-order valence-corrected chi connectivity index (χ4v) is 4.40. The molecule has 0 radical (unpaired) electrons. The Morgan fingerprint density at radius 1 is 1.06 bits per heavy atom. The highest BCUT2D eigenvalue weighted by Gasteiger charge is 2.21. The summed E-state index contributed by atoms with van der Waals surface area (Å²) in [7, 11) is 0. The highest BCUT2D eigenvalue weighted by atomic mass is 16.5. The van der Waals surface area contributed by atoms with E-state index >= 15 is 0 Å². The molecule has 7 nitrogen and oxygen atoms in total. The Hall–Kier alpha value is -3.19. The fraction of sp³-hybridized carbons (Fsp3) is 0.400. The maximum atomic E-state index is 6.20. The van der Waals surface area contributed by atoms with Crippen molar-refractivity contribution in [1.82, 2.24) is 24.9 Å². The first-order valence-corrected chi connectivity index (χ1v) is 11.5. The molecule has 2 unspecified atom stereocenters. The summed E-state index contributed by atoms with van der Waals surface area (Å²) in [5.41, 5.74) is 3.09. The van der Waals surface area contributed by atoms with Crippen LogP contribution in [0.5, 0.6) is 6.01 Å². The maximum Gasteiger partial charge on any atom is 0.322 e. The molecular formula is C25H30N6O. The van der Waals surface area contributed by atoms with E-state index in [-0.39, 0.29) is 12.1 Å².